The summed E-state index contributed by atoms with van der Waals surface area (Å²) in [5.74, 6) is 2.66. The van der Waals surface area contributed by atoms with Gasteiger partial charge in [0.15, 0.2) is 11.5 Å². The lowest BCUT2D eigenvalue weighted by Crippen LogP contribution is -2.32. The van der Waals surface area contributed by atoms with E-state index in [0.717, 1.165) is 52.9 Å². The first kappa shape index (κ1) is 17.6. The predicted molar refractivity (Wildman–Crippen MR) is 108 cm³/mol. The standard InChI is InChI=1S/C22H22ClN3O2/c23-17-5-2-1-4-16(17)21(15-7-8-19-20(14-15)28-13-12-27-19)25-18-6-3-10-26-11-9-24-22(18)26/h1-2,4-5,7-9,11,14,18,21,25H,3,6,10,12-13H2. The van der Waals surface area contributed by atoms with Crippen LogP contribution in [0.2, 0.25) is 5.02 Å². The van der Waals surface area contributed by atoms with Gasteiger partial charge in [-0.1, -0.05) is 35.9 Å². The highest BCUT2D eigenvalue weighted by Crippen LogP contribution is 2.38. The number of aryl methyl sites for hydroxylation is 1. The molecule has 5 nitrogen and oxygen atoms in total. The molecule has 6 heteroatoms. The first-order valence-electron chi connectivity index (χ1n) is 9.70. The van der Waals surface area contributed by atoms with Gasteiger partial charge in [-0.3, -0.25) is 5.32 Å². The average Bonchev–Trinajstić information content (AvgIpc) is 3.22. The van der Waals surface area contributed by atoms with E-state index in [1.54, 1.807) is 0 Å². The Morgan fingerprint density at radius 1 is 1.11 bits per heavy atom. The maximum atomic E-state index is 6.59. The van der Waals surface area contributed by atoms with Gasteiger partial charge in [-0.2, -0.15) is 0 Å². The Morgan fingerprint density at radius 3 is 2.86 bits per heavy atom. The molecule has 2 aliphatic rings. The van der Waals surface area contributed by atoms with E-state index in [-0.39, 0.29) is 12.1 Å². The molecule has 1 aromatic heterocycles. The van der Waals surface area contributed by atoms with Crippen LogP contribution in [0.1, 0.15) is 41.9 Å². The minimum absolute atomic E-state index is 0.0715. The first-order valence-corrected chi connectivity index (χ1v) is 10.1. The minimum atomic E-state index is -0.0715. The Balaban J connectivity index is 1.54. The summed E-state index contributed by atoms with van der Waals surface area (Å²) in [6, 6.07) is 14.2. The number of ether oxygens (including phenoxy) is 2. The molecule has 144 valence electrons. The Kier molecular flexibility index (Phi) is 4.71. The fourth-order valence-corrected chi connectivity index (χ4v) is 4.33. The lowest BCUT2D eigenvalue weighted by molar-refractivity contribution is 0.171. The quantitative estimate of drug-likeness (QED) is 0.705. The van der Waals surface area contributed by atoms with Gasteiger partial charge in [0.25, 0.3) is 0 Å². The second-order valence-electron chi connectivity index (χ2n) is 7.20. The van der Waals surface area contributed by atoms with Crippen molar-refractivity contribution >= 4 is 11.6 Å². The molecule has 2 aromatic carbocycles. The average molecular weight is 396 g/mol. The molecule has 0 aliphatic carbocycles. The maximum Gasteiger partial charge on any atom is 0.161 e. The van der Waals surface area contributed by atoms with Gasteiger partial charge in [-0.25, -0.2) is 4.98 Å². The second kappa shape index (κ2) is 7.49. The van der Waals surface area contributed by atoms with E-state index < -0.39 is 0 Å². The second-order valence-corrected chi connectivity index (χ2v) is 7.61. The summed E-state index contributed by atoms with van der Waals surface area (Å²) in [5, 5.41) is 4.56. The van der Waals surface area contributed by atoms with Crippen molar-refractivity contribution in [3.8, 4) is 11.5 Å². The molecule has 28 heavy (non-hydrogen) atoms. The van der Waals surface area contributed by atoms with Crippen molar-refractivity contribution in [1.29, 1.82) is 0 Å². The molecule has 0 bridgehead atoms. The van der Waals surface area contributed by atoms with Gasteiger partial charge in [0, 0.05) is 24.0 Å². The monoisotopic (exact) mass is 395 g/mol. The van der Waals surface area contributed by atoms with Crippen LogP contribution in [0, 0.1) is 0 Å². The van der Waals surface area contributed by atoms with E-state index in [9.17, 15) is 0 Å². The van der Waals surface area contributed by atoms with Crippen molar-refractivity contribution in [3.63, 3.8) is 0 Å². The van der Waals surface area contributed by atoms with Crippen LogP contribution in [0.15, 0.2) is 54.9 Å². The number of nitrogens with one attached hydrogen (secondary N) is 1. The molecule has 0 radical (unpaired) electrons. The Hall–Kier alpha value is -2.50. The number of imidazole rings is 1. The lowest BCUT2D eigenvalue weighted by Gasteiger charge is -2.30. The molecular weight excluding hydrogens is 374 g/mol. The van der Waals surface area contributed by atoms with E-state index in [2.05, 4.69) is 39.3 Å². The van der Waals surface area contributed by atoms with Gasteiger partial charge < -0.3 is 14.0 Å². The number of halogens is 1. The topological polar surface area (TPSA) is 48.3 Å². The SMILES string of the molecule is Clc1ccccc1C(NC1CCCn2ccnc21)c1ccc2c(c1)OCCO2. The molecule has 0 saturated heterocycles. The van der Waals surface area contributed by atoms with Gasteiger partial charge in [-0.15, -0.1) is 0 Å². The molecule has 3 aromatic rings. The molecular formula is C22H22ClN3O2. The fourth-order valence-electron chi connectivity index (χ4n) is 4.09. The highest BCUT2D eigenvalue weighted by molar-refractivity contribution is 6.31. The van der Waals surface area contributed by atoms with Crippen LogP contribution in [0.3, 0.4) is 0 Å². The van der Waals surface area contributed by atoms with Gasteiger partial charge in [0.05, 0.1) is 12.1 Å². The molecule has 2 atom stereocenters. The van der Waals surface area contributed by atoms with E-state index in [4.69, 9.17) is 21.1 Å². The maximum absolute atomic E-state index is 6.59. The number of rotatable bonds is 4. The Labute approximate surface area is 169 Å². The summed E-state index contributed by atoms with van der Waals surface area (Å²) >= 11 is 6.59. The molecule has 2 unspecified atom stereocenters. The van der Waals surface area contributed by atoms with E-state index >= 15 is 0 Å². The summed E-state index contributed by atoms with van der Waals surface area (Å²) in [7, 11) is 0. The number of aromatic nitrogens is 2. The third-order valence-electron chi connectivity index (χ3n) is 5.43. The van der Waals surface area contributed by atoms with Gasteiger partial charge in [0.1, 0.15) is 19.0 Å². The fraction of sp³-hybridized carbons (Fsp3) is 0.318. The third-order valence-corrected chi connectivity index (χ3v) is 5.78. The number of fused-ring (bicyclic) bond motifs is 2. The number of hydrogen-bond acceptors (Lipinski definition) is 4. The third kappa shape index (κ3) is 3.25. The van der Waals surface area contributed by atoms with Crippen molar-refractivity contribution in [2.75, 3.05) is 13.2 Å². The number of hydrogen-bond donors (Lipinski definition) is 1. The lowest BCUT2D eigenvalue weighted by atomic mass is 9.95. The molecule has 5 rings (SSSR count). The molecule has 3 heterocycles. The van der Waals surface area contributed by atoms with Crippen LogP contribution in [0.25, 0.3) is 0 Å². The van der Waals surface area contributed by atoms with Crippen LogP contribution in [-0.2, 0) is 6.54 Å². The molecule has 1 N–H and O–H groups in total. The number of nitrogens with zero attached hydrogens (tertiary/aromatic N) is 2. The summed E-state index contributed by atoms with van der Waals surface area (Å²) in [4.78, 5) is 4.59. The van der Waals surface area contributed by atoms with Crippen LogP contribution in [-0.4, -0.2) is 22.8 Å². The van der Waals surface area contributed by atoms with Gasteiger partial charge >= 0.3 is 0 Å². The van der Waals surface area contributed by atoms with Crippen molar-refractivity contribution in [1.82, 2.24) is 14.9 Å². The van der Waals surface area contributed by atoms with Crippen LogP contribution in [0.5, 0.6) is 11.5 Å². The number of benzene rings is 2. The van der Waals surface area contributed by atoms with E-state index in [1.165, 1.54) is 0 Å². The summed E-state index contributed by atoms with van der Waals surface area (Å²) < 4.78 is 13.7. The zero-order valence-corrected chi connectivity index (χ0v) is 16.2. The summed E-state index contributed by atoms with van der Waals surface area (Å²) in [5.41, 5.74) is 2.14. The summed E-state index contributed by atoms with van der Waals surface area (Å²) in [6.45, 7) is 2.18. The van der Waals surface area contributed by atoms with Gasteiger partial charge in [-0.05, 0) is 42.2 Å². The predicted octanol–water partition coefficient (Wildman–Crippen LogP) is 4.52. The van der Waals surface area contributed by atoms with Crippen LogP contribution >= 0.6 is 11.6 Å². The summed E-state index contributed by atoms with van der Waals surface area (Å²) in [6.07, 6.45) is 6.10. The van der Waals surface area contributed by atoms with E-state index in [1.807, 2.05) is 30.5 Å². The first-order chi connectivity index (χ1) is 13.8. The normalized spacial score (nSPS) is 19.1. The Morgan fingerprint density at radius 2 is 1.96 bits per heavy atom. The molecule has 2 aliphatic heterocycles. The van der Waals surface area contributed by atoms with Crippen molar-refractivity contribution < 1.29 is 9.47 Å². The van der Waals surface area contributed by atoms with Crippen molar-refractivity contribution in [3.05, 3.63) is 76.8 Å². The van der Waals surface area contributed by atoms with Gasteiger partial charge in [0.2, 0.25) is 0 Å². The largest absolute Gasteiger partial charge is 0.486 e. The van der Waals surface area contributed by atoms with Crippen LogP contribution < -0.4 is 14.8 Å². The molecule has 0 fully saturated rings. The van der Waals surface area contributed by atoms with Crippen molar-refractivity contribution in [2.24, 2.45) is 0 Å². The zero-order valence-electron chi connectivity index (χ0n) is 15.5. The highest BCUT2D eigenvalue weighted by atomic mass is 35.5. The molecule has 0 amide bonds. The highest BCUT2D eigenvalue weighted by Gasteiger charge is 2.27. The van der Waals surface area contributed by atoms with Crippen LogP contribution in [0.4, 0.5) is 0 Å². The smallest absolute Gasteiger partial charge is 0.161 e. The minimum Gasteiger partial charge on any atom is -0.486 e. The zero-order chi connectivity index (χ0) is 18.9. The Bertz CT molecular complexity index is 987. The molecule has 0 spiro atoms. The van der Waals surface area contributed by atoms with Crippen molar-refractivity contribution in [2.45, 2.75) is 31.5 Å². The molecule has 0 saturated carbocycles. The van der Waals surface area contributed by atoms with E-state index in [0.29, 0.717) is 13.2 Å².